The van der Waals surface area contributed by atoms with E-state index in [2.05, 4.69) is 5.32 Å². The Morgan fingerprint density at radius 2 is 2.05 bits per heavy atom. The molecule has 0 saturated carbocycles. The summed E-state index contributed by atoms with van der Waals surface area (Å²) < 4.78 is 22.9. The first-order valence-corrected chi connectivity index (χ1v) is 8.79. The monoisotopic (exact) mass is 311 g/mol. The van der Waals surface area contributed by atoms with E-state index in [-0.39, 0.29) is 29.9 Å². The van der Waals surface area contributed by atoms with Crippen molar-refractivity contribution < 1.29 is 13.2 Å². The summed E-state index contributed by atoms with van der Waals surface area (Å²) in [5, 5.41) is 2.81. The fourth-order valence-electron chi connectivity index (χ4n) is 2.26. The van der Waals surface area contributed by atoms with Crippen LogP contribution in [0.2, 0.25) is 0 Å². The van der Waals surface area contributed by atoms with Crippen LogP contribution in [0.3, 0.4) is 0 Å². The van der Waals surface area contributed by atoms with Gasteiger partial charge in [0.15, 0.2) is 9.84 Å². The Labute approximate surface area is 125 Å². The predicted molar refractivity (Wildman–Crippen MR) is 84.2 cm³/mol. The standard InChI is InChI=1S/C14H21N3O3S/c1-11(15)9-14(18)16-12-3-2-4-13(10-12)17-5-7-21(19,20)8-6-17/h2-4,10-11H,5-9,15H2,1H3,(H,16,18). The Morgan fingerprint density at radius 1 is 1.38 bits per heavy atom. The maximum atomic E-state index is 11.7. The lowest BCUT2D eigenvalue weighted by molar-refractivity contribution is -0.116. The summed E-state index contributed by atoms with van der Waals surface area (Å²) >= 11 is 0. The van der Waals surface area contributed by atoms with Crippen LogP contribution in [-0.2, 0) is 14.6 Å². The van der Waals surface area contributed by atoms with Crippen LogP contribution >= 0.6 is 0 Å². The second-order valence-electron chi connectivity index (χ2n) is 5.42. The van der Waals surface area contributed by atoms with Gasteiger partial charge in [-0.25, -0.2) is 8.42 Å². The molecule has 0 bridgehead atoms. The maximum absolute atomic E-state index is 11.7. The van der Waals surface area contributed by atoms with Crippen LogP contribution in [0.4, 0.5) is 11.4 Å². The van der Waals surface area contributed by atoms with Gasteiger partial charge in [-0.05, 0) is 25.1 Å². The van der Waals surface area contributed by atoms with Crippen molar-refractivity contribution in [2.24, 2.45) is 5.73 Å². The van der Waals surface area contributed by atoms with E-state index in [1.165, 1.54) is 0 Å². The molecule has 116 valence electrons. The highest BCUT2D eigenvalue weighted by Gasteiger charge is 2.21. The SMILES string of the molecule is CC(N)CC(=O)Nc1cccc(N2CCS(=O)(=O)CC2)c1. The zero-order valence-electron chi connectivity index (χ0n) is 12.1. The van der Waals surface area contributed by atoms with Crippen LogP contribution in [0, 0.1) is 0 Å². The summed E-state index contributed by atoms with van der Waals surface area (Å²) in [5.41, 5.74) is 7.21. The minimum Gasteiger partial charge on any atom is -0.369 e. The lowest BCUT2D eigenvalue weighted by atomic mass is 10.2. The molecule has 1 amide bonds. The van der Waals surface area contributed by atoms with Gasteiger partial charge in [0, 0.05) is 36.9 Å². The quantitative estimate of drug-likeness (QED) is 0.849. The Hall–Kier alpha value is -1.60. The molecule has 21 heavy (non-hydrogen) atoms. The number of nitrogens with zero attached hydrogens (tertiary/aromatic N) is 1. The average molecular weight is 311 g/mol. The first-order valence-electron chi connectivity index (χ1n) is 6.96. The zero-order valence-corrected chi connectivity index (χ0v) is 12.9. The van der Waals surface area contributed by atoms with E-state index in [9.17, 15) is 13.2 Å². The fourth-order valence-corrected chi connectivity index (χ4v) is 3.46. The van der Waals surface area contributed by atoms with Gasteiger partial charge in [-0.2, -0.15) is 0 Å². The second kappa shape index (κ2) is 6.44. The lowest BCUT2D eigenvalue weighted by Crippen LogP contribution is -2.40. The fraction of sp³-hybridized carbons (Fsp3) is 0.500. The molecule has 2 rings (SSSR count). The number of nitrogens with one attached hydrogen (secondary N) is 1. The van der Waals surface area contributed by atoms with Crippen LogP contribution in [-0.4, -0.2) is 45.0 Å². The van der Waals surface area contributed by atoms with Crippen LogP contribution in [0.25, 0.3) is 0 Å². The van der Waals surface area contributed by atoms with Crippen molar-refractivity contribution in [3.05, 3.63) is 24.3 Å². The second-order valence-corrected chi connectivity index (χ2v) is 7.72. The molecule has 7 heteroatoms. The first-order chi connectivity index (χ1) is 9.85. The molecule has 1 unspecified atom stereocenters. The molecule has 0 spiro atoms. The van der Waals surface area contributed by atoms with E-state index in [4.69, 9.17) is 5.73 Å². The highest BCUT2D eigenvalue weighted by atomic mass is 32.2. The molecule has 3 N–H and O–H groups in total. The predicted octanol–water partition coefficient (Wildman–Crippen LogP) is 0.597. The van der Waals surface area contributed by atoms with Crippen molar-refractivity contribution in [2.75, 3.05) is 34.8 Å². The molecule has 1 heterocycles. The van der Waals surface area contributed by atoms with E-state index in [0.29, 0.717) is 18.8 Å². The third-order valence-electron chi connectivity index (χ3n) is 3.35. The number of hydrogen-bond acceptors (Lipinski definition) is 5. The van der Waals surface area contributed by atoms with Crippen molar-refractivity contribution in [1.82, 2.24) is 0 Å². The number of sulfone groups is 1. The molecular weight excluding hydrogens is 290 g/mol. The Bertz CT molecular complexity index is 600. The van der Waals surface area contributed by atoms with E-state index in [1.807, 2.05) is 29.2 Å². The summed E-state index contributed by atoms with van der Waals surface area (Å²) in [7, 11) is -2.89. The zero-order chi connectivity index (χ0) is 15.5. The largest absolute Gasteiger partial charge is 0.369 e. The molecule has 1 aliphatic rings. The minimum atomic E-state index is -2.89. The van der Waals surface area contributed by atoms with Gasteiger partial charge in [-0.1, -0.05) is 6.07 Å². The highest BCUT2D eigenvalue weighted by Crippen LogP contribution is 2.21. The Morgan fingerprint density at radius 3 is 2.67 bits per heavy atom. The van der Waals surface area contributed by atoms with Crippen molar-refractivity contribution >= 4 is 27.1 Å². The van der Waals surface area contributed by atoms with Crippen molar-refractivity contribution in [3.8, 4) is 0 Å². The normalized spacial score (nSPS) is 19.0. The number of carbonyl (C=O) groups excluding carboxylic acids is 1. The molecule has 1 aromatic carbocycles. The van der Waals surface area contributed by atoms with E-state index in [1.54, 1.807) is 6.92 Å². The summed E-state index contributed by atoms with van der Waals surface area (Å²) in [6.07, 6.45) is 0.270. The average Bonchev–Trinajstić information content (AvgIpc) is 2.37. The van der Waals surface area contributed by atoms with Crippen LogP contribution < -0.4 is 16.0 Å². The highest BCUT2D eigenvalue weighted by molar-refractivity contribution is 7.91. The van der Waals surface area contributed by atoms with Gasteiger partial charge in [0.2, 0.25) is 5.91 Å². The van der Waals surface area contributed by atoms with Gasteiger partial charge in [-0.3, -0.25) is 4.79 Å². The molecule has 6 nitrogen and oxygen atoms in total. The van der Waals surface area contributed by atoms with Crippen LogP contribution in [0.5, 0.6) is 0 Å². The molecular formula is C14H21N3O3S. The van der Waals surface area contributed by atoms with Gasteiger partial charge >= 0.3 is 0 Å². The van der Waals surface area contributed by atoms with E-state index in [0.717, 1.165) is 5.69 Å². The van der Waals surface area contributed by atoms with Gasteiger partial charge in [0.05, 0.1) is 11.5 Å². The molecule has 1 aromatic rings. The van der Waals surface area contributed by atoms with Crippen molar-refractivity contribution in [3.63, 3.8) is 0 Å². The number of anilines is 2. The maximum Gasteiger partial charge on any atom is 0.225 e. The summed E-state index contributed by atoms with van der Waals surface area (Å²) in [5.74, 6) is 0.228. The third-order valence-corrected chi connectivity index (χ3v) is 4.96. The molecule has 0 radical (unpaired) electrons. The third kappa shape index (κ3) is 4.71. The molecule has 0 aliphatic carbocycles. The van der Waals surface area contributed by atoms with Gasteiger partial charge in [0.1, 0.15) is 0 Å². The van der Waals surface area contributed by atoms with Gasteiger partial charge in [-0.15, -0.1) is 0 Å². The first kappa shape index (κ1) is 15.8. The van der Waals surface area contributed by atoms with Gasteiger partial charge < -0.3 is 16.0 Å². The van der Waals surface area contributed by atoms with E-state index >= 15 is 0 Å². The van der Waals surface area contributed by atoms with Crippen molar-refractivity contribution in [2.45, 2.75) is 19.4 Å². The number of carbonyl (C=O) groups is 1. The smallest absolute Gasteiger partial charge is 0.225 e. The number of benzene rings is 1. The van der Waals surface area contributed by atoms with Crippen molar-refractivity contribution in [1.29, 1.82) is 0 Å². The number of nitrogens with two attached hydrogens (primary N) is 1. The topological polar surface area (TPSA) is 92.5 Å². The van der Waals surface area contributed by atoms with E-state index < -0.39 is 9.84 Å². The lowest BCUT2D eigenvalue weighted by Gasteiger charge is -2.29. The molecule has 1 saturated heterocycles. The summed E-state index contributed by atoms with van der Waals surface area (Å²) in [6, 6.07) is 7.25. The number of hydrogen-bond donors (Lipinski definition) is 2. The Balaban J connectivity index is 2.03. The van der Waals surface area contributed by atoms with Crippen LogP contribution in [0.1, 0.15) is 13.3 Å². The molecule has 0 aromatic heterocycles. The molecule has 1 atom stereocenters. The Kier molecular flexibility index (Phi) is 4.84. The number of amides is 1. The number of rotatable bonds is 4. The van der Waals surface area contributed by atoms with Gasteiger partial charge in [0.25, 0.3) is 0 Å². The molecule has 1 fully saturated rings. The van der Waals surface area contributed by atoms with Crippen LogP contribution in [0.15, 0.2) is 24.3 Å². The summed E-state index contributed by atoms with van der Waals surface area (Å²) in [6.45, 7) is 2.75. The summed E-state index contributed by atoms with van der Waals surface area (Å²) in [4.78, 5) is 13.7. The molecule has 1 aliphatic heterocycles. The minimum absolute atomic E-state index is 0.122.